The first-order valence-corrected chi connectivity index (χ1v) is 4.94. The van der Waals surface area contributed by atoms with E-state index in [1.807, 2.05) is 20.8 Å². The van der Waals surface area contributed by atoms with Crippen molar-refractivity contribution in [3.05, 3.63) is 22.5 Å². The zero-order valence-electron chi connectivity index (χ0n) is 7.93. The number of alkyl halides is 1. The molecule has 2 nitrogen and oxygen atoms in total. The lowest BCUT2D eigenvalue weighted by molar-refractivity contribution is 0.588. The second kappa shape index (κ2) is 3.81. The van der Waals surface area contributed by atoms with Gasteiger partial charge in [-0.3, -0.25) is 0 Å². The first-order chi connectivity index (χ1) is 5.99. The van der Waals surface area contributed by atoms with Crippen LogP contribution in [0.1, 0.15) is 25.0 Å². The summed E-state index contributed by atoms with van der Waals surface area (Å²) < 4.78 is 0. The van der Waals surface area contributed by atoms with Crippen molar-refractivity contribution >= 4 is 23.2 Å². The summed E-state index contributed by atoms with van der Waals surface area (Å²) in [7, 11) is 0. The molecule has 0 aliphatic carbocycles. The molecule has 1 aromatic rings. The maximum atomic E-state index is 5.96. The van der Waals surface area contributed by atoms with Crippen LogP contribution in [0.5, 0.6) is 0 Å². The van der Waals surface area contributed by atoms with Crippen LogP contribution in [-0.4, -0.2) is 16.1 Å². The van der Waals surface area contributed by atoms with Crippen LogP contribution in [0.25, 0.3) is 0 Å². The van der Waals surface area contributed by atoms with Gasteiger partial charge in [0, 0.05) is 16.9 Å². The summed E-state index contributed by atoms with van der Waals surface area (Å²) >= 11 is 11.8. The molecule has 0 aliphatic rings. The maximum Gasteiger partial charge on any atom is 0.155 e. The normalized spacial score (nSPS) is 11.8. The first kappa shape index (κ1) is 10.7. The van der Waals surface area contributed by atoms with Gasteiger partial charge in [0.1, 0.15) is 0 Å². The molecule has 0 saturated carbocycles. The Hall–Kier alpha value is -0.340. The smallest absolute Gasteiger partial charge is 0.155 e. The van der Waals surface area contributed by atoms with Crippen LogP contribution in [0.4, 0.5) is 0 Å². The van der Waals surface area contributed by atoms with Gasteiger partial charge in [-0.15, -0.1) is 16.7 Å². The molecule has 0 aromatic carbocycles. The summed E-state index contributed by atoms with van der Waals surface area (Å²) in [4.78, 5) is 0. The van der Waals surface area contributed by atoms with E-state index in [1.54, 1.807) is 6.20 Å². The third-order valence-electron chi connectivity index (χ3n) is 2.01. The lowest BCUT2D eigenvalue weighted by Gasteiger charge is -2.24. The van der Waals surface area contributed by atoms with Crippen molar-refractivity contribution in [2.45, 2.75) is 26.2 Å². The summed E-state index contributed by atoms with van der Waals surface area (Å²) in [5.41, 5.74) is 1.86. The van der Waals surface area contributed by atoms with Crippen LogP contribution in [0.3, 0.4) is 0 Å². The van der Waals surface area contributed by atoms with E-state index < -0.39 is 0 Å². The van der Waals surface area contributed by atoms with Gasteiger partial charge in [-0.2, -0.15) is 5.10 Å². The summed E-state index contributed by atoms with van der Waals surface area (Å²) in [6.07, 6.45) is 1.70. The van der Waals surface area contributed by atoms with Crippen LogP contribution in [0.2, 0.25) is 5.15 Å². The second-order valence-electron chi connectivity index (χ2n) is 3.71. The lowest BCUT2D eigenvalue weighted by Crippen LogP contribution is -2.21. The summed E-state index contributed by atoms with van der Waals surface area (Å²) in [6, 6.07) is 0. The minimum Gasteiger partial charge on any atom is -0.157 e. The summed E-state index contributed by atoms with van der Waals surface area (Å²) in [6.45, 7) is 6.04. The largest absolute Gasteiger partial charge is 0.157 e. The second-order valence-corrected chi connectivity index (χ2v) is 4.34. The highest BCUT2D eigenvalue weighted by Crippen LogP contribution is 2.31. The van der Waals surface area contributed by atoms with Gasteiger partial charge in [0.2, 0.25) is 0 Å². The highest BCUT2D eigenvalue weighted by Gasteiger charge is 2.25. The van der Waals surface area contributed by atoms with E-state index in [9.17, 15) is 0 Å². The molecule has 1 aromatic heterocycles. The van der Waals surface area contributed by atoms with E-state index in [1.165, 1.54) is 0 Å². The van der Waals surface area contributed by atoms with Gasteiger partial charge in [-0.1, -0.05) is 25.4 Å². The van der Waals surface area contributed by atoms with E-state index in [0.29, 0.717) is 11.0 Å². The van der Waals surface area contributed by atoms with Crippen molar-refractivity contribution in [2.75, 3.05) is 5.88 Å². The van der Waals surface area contributed by atoms with Gasteiger partial charge >= 0.3 is 0 Å². The molecule has 0 atom stereocenters. The topological polar surface area (TPSA) is 25.8 Å². The van der Waals surface area contributed by atoms with E-state index in [4.69, 9.17) is 23.2 Å². The van der Waals surface area contributed by atoms with Crippen LogP contribution >= 0.6 is 23.2 Å². The Kier molecular flexibility index (Phi) is 3.14. The number of hydrogen-bond donors (Lipinski definition) is 0. The Bertz CT molecular complexity index is 290. The quantitative estimate of drug-likeness (QED) is 0.714. The molecule has 0 amide bonds. The third kappa shape index (κ3) is 2.12. The number of rotatable bonds is 2. The summed E-state index contributed by atoms with van der Waals surface area (Å²) in [5.74, 6) is 0.513. The van der Waals surface area contributed by atoms with E-state index in [2.05, 4.69) is 10.2 Å². The maximum absolute atomic E-state index is 5.96. The van der Waals surface area contributed by atoms with Gasteiger partial charge in [0.15, 0.2) is 5.15 Å². The van der Waals surface area contributed by atoms with Crippen molar-refractivity contribution in [2.24, 2.45) is 0 Å². The molecule has 0 N–H and O–H groups in total. The Morgan fingerprint density at radius 3 is 2.54 bits per heavy atom. The van der Waals surface area contributed by atoms with E-state index >= 15 is 0 Å². The molecule has 0 unspecified atom stereocenters. The number of aromatic nitrogens is 2. The molecule has 0 bridgehead atoms. The lowest BCUT2D eigenvalue weighted by atomic mass is 9.86. The number of halogens is 2. The average molecular weight is 219 g/mol. The van der Waals surface area contributed by atoms with Crippen LogP contribution in [0, 0.1) is 6.92 Å². The molecule has 4 heteroatoms. The highest BCUT2D eigenvalue weighted by molar-refractivity contribution is 6.30. The fourth-order valence-electron chi connectivity index (χ4n) is 1.32. The zero-order chi connectivity index (χ0) is 10.1. The van der Waals surface area contributed by atoms with E-state index in [-0.39, 0.29) is 5.41 Å². The SMILES string of the molecule is Cc1cnnc(Cl)c1C(C)(C)CCl. The Balaban J connectivity index is 3.28. The van der Waals surface area contributed by atoms with Crippen molar-refractivity contribution in [3.63, 3.8) is 0 Å². The highest BCUT2D eigenvalue weighted by atomic mass is 35.5. The van der Waals surface area contributed by atoms with Crippen LogP contribution in [-0.2, 0) is 5.41 Å². The van der Waals surface area contributed by atoms with Crippen molar-refractivity contribution < 1.29 is 0 Å². The molecular weight excluding hydrogens is 207 g/mol. The van der Waals surface area contributed by atoms with Gasteiger partial charge in [0.25, 0.3) is 0 Å². The molecule has 1 rings (SSSR count). The molecule has 13 heavy (non-hydrogen) atoms. The van der Waals surface area contributed by atoms with Gasteiger partial charge in [-0.05, 0) is 12.5 Å². The number of aryl methyl sites for hydroxylation is 1. The predicted molar refractivity (Wildman–Crippen MR) is 55.5 cm³/mol. The number of hydrogen-bond acceptors (Lipinski definition) is 2. The minimum atomic E-state index is -0.154. The molecule has 0 fully saturated rings. The third-order valence-corrected chi connectivity index (χ3v) is 2.94. The Labute approximate surface area is 88.3 Å². The number of nitrogens with zero attached hydrogens (tertiary/aromatic N) is 2. The molecule has 0 spiro atoms. The van der Waals surface area contributed by atoms with Crippen molar-refractivity contribution in [1.82, 2.24) is 10.2 Å². The van der Waals surface area contributed by atoms with Crippen LogP contribution < -0.4 is 0 Å². The van der Waals surface area contributed by atoms with Crippen molar-refractivity contribution in [1.29, 1.82) is 0 Å². The average Bonchev–Trinajstić information content (AvgIpc) is 2.03. The Morgan fingerprint density at radius 1 is 1.46 bits per heavy atom. The predicted octanol–water partition coefficient (Wildman–Crippen LogP) is 2.95. The molecule has 1 heterocycles. The van der Waals surface area contributed by atoms with E-state index in [0.717, 1.165) is 11.1 Å². The first-order valence-electron chi connectivity index (χ1n) is 4.03. The van der Waals surface area contributed by atoms with Gasteiger partial charge < -0.3 is 0 Å². The Morgan fingerprint density at radius 2 is 2.08 bits per heavy atom. The fourth-order valence-corrected chi connectivity index (χ4v) is 1.91. The molecule has 0 radical (unpaired) electrons. The van der Waals surface area contributed by atoms with Gasteiger partial charge in [0.05, 0.1) is 6.20 Å². The minimum absolute atomic E-state index is 0.154. The van der Waals surface area contributed by atoms with Gasteiger partial charge in [-0.25, -0.2) is 0 Å². The molecule has 0 aliphatic heterocycles. The molecule has 72 valence electrons. The standard InChI is InChI=1S/C9H12Cl2N2/c1-6-4-12-13-8(11)7(6)9(2,3)5-10/h4H,5H2,1-3H3. The fraction of sp³-hybridized carbons (Fsp3) is 0.556. The zero-order valence-corrected chi connectivity index (χ0v) is 9.45. The molecular formula is C9H12Cl2N2. The van der Waals surface area contributed by atoms with Crippen LogP contribution in [0.15, 0.2) is 6.20 Å². The monoisotopic (exact) mass is 218 g/mol. The van der Waals surface area contributed by atoms with Crippen molar-refractivity contribution in [3.8, 4) is 0 Å². The molecule has 0 saturated heterocycles. The summed E-state index contributed by atoms with van der Waals surface area (Å²) in [5, 5.41) is 8.03.